The van der Waals surface area contributed by atoms with Crippen molar-refractivity contribution in [3.8, 4) is 0 Å². The summed E-state index contributed by atoms with van der Waals surface area (Å²) >= 11 is 0. The number of anilines is 1. The van der Waals surface area contributed by atoms with Gasteiger partial charge in [-0.2, -0.15) is 0 Å². The quantitative estimate of drug-likeness (QED) is 0.751. The average molecular weight is 235 g/mol. The highest BCUT2D eigenvalue weighted by Gasteiger charge is 2.29. The second-order valence-corrected chi connectivity index (χ2v) is 5.08. The molecule has 3 nitrogen and oxygen atoms in total. The molecule has 1 rings (SSSR count). The Labute approximate surface area is 103 Å². The first-order valence-electron chi connectivity index (χ1n) is 5.72. The largest absolute Gasteiger partial charge is 0.469 e. The van der Waals surface area contributed by atoms with Crippen molar-refractivity contribution in [2.45, 2.75) is 20.3 Å². The van der Waals surface area contributed by atoms with Gasteiger partial charge in [0.05, 0.1) is 12.5 Å². The van der Waals surface area contributed by atoms with Crippen LogP contribution < -0.4 is 4.90 Å². The van der Waals surface area contributed by atoms with Gasteiger partial charge >= 0.3 is 5.97 Å². The molecule has 0 heterocycles. The second-order valence-electron chi connectivity index (χ2n) is 5.08. The van der Waals surface area contributed by atoms with Crippen LogP contribution in [-0.2, 0) is 16.0 Å². The van der Waals surface area contributed by atoms with Crippen LogP contribution >= 0.6 is 0 Å². The van der Waals surface area contributed by atoms with E-state index in [1.807, 2.05) is 40.1 Å². The highest BCUT2D eigenvalue weighted by atomic mass is 16.5. The number of para-hydroxylation sites is 1. The lowest BCUT2D eigenvalue weighted by molar-refractivity contribution is -0.150. The average Bonchev–Trinajstić information content (AvgIpc) is 2.27. The maximum absolute atomic E-state index is 11.7. The number of carbonyl (C=O) groups excluding carboxylic acids is 1. The monoisotopic (exact) mass is 235 g/mol. The molecule has 1 aromatic carbocycles. The van der Waals surface area contributed by atoms with Crippen molar-refractivity contribution in [3.05, 3.63) is 29.8 Å². The Morgan fingerprint density at radius 2 is 1.88 bits per heavy atom. The van der Waals surface area contributed by atoms with Crippen molar-refractivity contribution in [2.75, 3.05) is 26.1 Å². The Morgan fingerprint density at radius 3 is 2.41 bits per heavy atom. The summed E-state index contributed by atoms with van der Waals surface area (Å²) in [5, 5.41) is 0. The number of hydrogen-bond acceptors (Lipinski definition) is 3. The molecule has 0 aliphatic carbocycles. The van der Waals surface area contributed by atoms with Crippen LogP contribution in [0.1, 0.15) is 19.4 Å². The maximum Gasteiger partial charge on any atom is 0.311 e. The number of carbonyl (C=O) groups is 1. The van der Waals surface area contributed by atoms with Crippen molar-refractivity contribution < 1.29 is 9.53 Å². The summed E-state index contributed by atoms with van der Waals surface area (Å²) in [7, 11) is 5.44. The molecule has 17 heavy (non-hydrogen) atoms. The highest BCUT2D eigenvalue weighted by Crippen LogP contribution is 2.28. The number of rotatable bonds is 4. The number of esters is 1. The van der Waals surface area contributed by atoms with Gasteiger partial charge in [0, 0.05) is 19.8 Å². The van der Waals surface area contributed by atoms with E-state index in [4.69, 9.17) is 4.74 Å². The smallest absolute Gasteiger partial charge is 0.311 e. The van der Waals surface area contributed by atoms with Gasteiger partial charge in [-0.15, -0.1) is 0 Å². The van der Waals surface area contributed by atoms with Gasteiger partial charge in [-0.3, -0.25) is 4.79 Å². The van der Waals surface area contributed by atoms with Gasteiger partial charge < -0.3 is 9.64 Å². The van der Waals surface area contributed by atoms with Gasteiger partial charge in [-0.05, 0) is 31.9 Å². The molecular formula is C14H21NO2. The number of methoxy groups -OCH3 is 1. The molecule has 0 unspecified atom stereocenters. The van der Waals surface area contributed by atoms with Crippen LogP contribution in [0.5, 0.6) is 0 Å². The first kappa shape index (κ1) is 13.6. The molecule has 0 bridgehead atoms. The Hall–Kier alpha value is -1.51. The summed E-state index contributed by atoms with van der Waals surface area (Å²) in [5.74, 6) is -0.175. The van der Waals surface area contributed by atoms with Crippen LogP contribution in [0.2, 0.25) is 0 Å². The zero-order valence-corrected chi connectivity index (χ0v) is 11.3. The van der Waals surface area contributed by atoms with E-state index >= 15 is 0 Å². The number of nitrogens with zero attached hydrogens (tertiary/aromatic N) is 1. The van der Waals surface area contributed by atoms with Crippen LogP contribution in [0.4, 0.5) is 5.69 Å². The Kier molecular flexibility index (Phi) is 4.16. The van der Waals surface area contributed by atoms with Gasteiger partial charge in [0.1, 0.15) is 0 Å². The molecule has 1 aromatic rings. The van der Waals surface area contributed by atoms with E-state index in [1.165, 1.54) is 7.11 Å². The Morgan fingerprint density at radius 1 is 1.29 bits per heavy atom. The van der Waals surface area contributed by atoms with E-state index in [-0.39, 0.29) is 5.97 Å². The minimum Gasteiger partial charge on any atom is -0.469 e. The van der Waals surface area contributed by atoms with Crippen LogP contribution in [0.15, 0.2) is 24.3 Å². The first-order chi connectivity index (χ1) is 7.88. The summed E-state index contributed by atoms with van der Waals surface area (Å²) < 4.78 is 4.84. The van der Waals surface area contributed by atoms with E-state index in [1.54, 1.807) is 0 Å². The highest BCUT2D eigenvalue weighted by molar-refractivity contribution is 5.76. The SMILES string of the molecule is COC(=O)C(C)(C)Cc1ccccc1N(C)C. The van der Waals surface area contributed by atoms with E-state index in [0.717, 1.165) is 11.3 Å². The normalized spacial score (nSPS) is 11.1. The van der Waals surface area contributed by atoms with Crippen molar-refractivity contribution in [2.24, 2.45) is 5.41 Å². The molecule has 0 aromatic heterocycles. The fourth-order valence-corrected chi connectivity index (χ4v) is 1.92. The zero-order valence-electron chi connectivity index (χ0n) is 11.3. The van der Waals surface area contributed by atoms with E-state index in [2.05, 4.69) is 17.0 Å². The van der Waals surface area contributed by atoms with Gasteiger partial charge in [0.25, 0.3) is 0 Å². The molecule has 0 atom stereocenters. The molecule has 0 amide bonds. The molecule has 0 radical (unpaired) electrons. The lowest BCUT2D eigenvalue weighted by Gasteiger charge is -2.25. The molecule has 3 heteroatoms. The van der Waals surface area contributed by atoms with Gasteiger partial charge in [0.15, 0.2) is 0 Å². The summed E-state index contributed by atoms with van der Waals surface area (Å²) in [6, 6.07) is 8.11. The minimum absolute atomic E-state index is 0.175. The summed E-state index contributed by atoms with van der Waals surface area (Å²) in [6.07, 6.45) is 0.675. The summed E-state index contributed by atoms with van der Waals surface area (Å²) in [5.41, 5.74) is 1.80. The minimum atomic E-state index is -0.499. The van der Waals surface area contributed by atoms with Crippen molar-refractivity contribution in [1.82, 2.24) is 0 Å². The third-order valence-corrected chi connectivity index (χ3v) is 2.84. The molecule has 0 saturated heterocycles. The van der Waals surface area contributed by atoms with Crippen molar-refractivity contribution in [3.63, 3.8) is 0 Å². The Balaban J connectivity index is 2.99. The van der Waals surface area contributed by atoms with Crippen LogP contribution in [0.25, 0.3) is 0 Å². The fourth-order valence-electron chi connectivity index (χ4n) is 1.92. The van der Waals surface area contributed by atoms with Crippen molar-refractivity contribution >= 4 is 11.7 Å². The predicted molar refractivity (Wildman–Crippen MR) is 70.3 cm³/mol. The molecule has 0 spiro atoms. The standard InChI is InChI=1S/C14H21NO2/c1-14(2,13(16)17-5)10-11-8-6-7-9-12(11)15(3)4/h6-9H,10H2,1-5H3. The number of ether oxygens (including phenoxy) is 1. The first-order valence-corrected chi connectivity index (χ1v) is 5.72. The maximum atomic E-state index is 11.7. The molecule has 0 aliphatic heterocycles. The van der Waals surface area contributed by atoms with Crippen LogP contribution in [-0.4, -0.2) is 27.2 Å². The molecule has 0 saturated carbocycles. The molecule has 94 valence electrons. The summed E-state index contributed by atoms with van der Waals surface area (Å²) in [4.78, 5) is 13.7. The zero-order chi connectivity index (χ0) is 13.1. The van der Waals surface area contributed by atoms with Crippen LogP contribution in [0.3, 0.4) is 0 Å². The van der Waals surface area contributed by atoms with E-state index in [9.17, 15) is 4.79 Å². The number of benzene rings is 1. The van der Waals surface area contributed by atoms with Crippen LogP contribution in [0, 0.1) is 5.41 Å². The molecule has 0 N–H and O–H groups in total. The summed E-state index contributed by atoms with van der Waals surface area (Å²) in [6.45, 7) is 3.82. The molecule has 0 aliphatic rings. The second kappa shape index (κ2) is 5.21. The van der Waals surface area contributed by atoms with Crippen molar-refractivity contribution in [1.29, 1.82) is 0 Å². The van der Waals surface area contributed by atoms with E-state index in [0.29, 0.717) is 6.42 Å². The topological polar surface area (TPSA) is 29.5 Å². The molecular weight excluding hydrogens is 214 g/mol. The Bertz CT molecular complexity index is 397. The number of hydrogen-bond donors (Lipinski definition) is 0. The van der Waals surface area contributed by atoms with Gasteiger partial charge in [-0.1, -0.05) is 18.2 Å². The fraction of sp³-hybridized carbons (Fsp3) is 0.500. The lowest BCUT2D eigenvalue weighted by Crippen LogP contribution is -2.28. The third-order valence-electron chi connectivity index (χ3n) is 2.84. The third kappa shape index (κ3) is 3.22. The van der Waals surface area contributed by atoms with E-state index < -0.39 is 5.41 Å². The van der Waals surface area contributed by atoms with Gasteiger partial charge in [0.2, 0.25) is 0 Å². The lowest BCUT2D eigenvalue weighted by atomic mass is 9.85. The predicted octanol–water partition coefficient (Wildman–Crippen LogP) is 2.49. The molecule has 0 fully saturated rings. The van der Waals surface area contributed by atoms with Gasteiger partial charge in [-0.25, -0.2) is 0 Å².